The summed E-state index contributed by atoms with van der Waals surface area (Å²) >= 11 is 0. The first-order chi connectivity index (χ1) is 30.4. The van der Waals surface area contributed by atoms with Crippen LogP contribution in [0.4, 0.5) is 0 Å². The first kappa shape index (κ1) is 41.5. The summed E-state index contributed by atoms with van der Waals surface area (Å²) in [6.07, 6.45) is -14.0. The zero-order chi connectivity index (χ0) is 45.6. The number of phenolic OH excluding ortho intramolecular Hbond substituents is 12. The molecule has 6 aromatic carbocycles. The second kappa shape index (κ2) is 15.2. The monoisotopic (exact) mass is 882 g/mol. The van der Waals surface area contributed by atoms with Crippen molar-refractivity contribution in [3.8, 4) is 86.2 Å². The maximum atomic E-state index is 12.3. The fraction of sp³-hybridized carbons (Fsp3) is 0.200. The summed E-state index contributed by atoms with van der Waals surface area (Å²) in [4.78, 5) is 0. The van der Waals surface area contributed by atoms with Crippen LogP contribution in [-0.2, 0) is 4.74 Å². The van der Waals surface area contributed by atoms with Crippen molar-refractivity contribution < 1.29 is 95.5 Å². The van der Waals surface area contributed by atoms with E-state index in [0.29, 0.717) is 0 Å². The van der Waals surface area contributed by atoms with Gasteiger partial charge in [0.2, 0.25) is 0 Å². The molecule has 0 bridgehead atoms. The molecule has 15 N–H and O–H groups in total. The van der Waals surface area contributed by atoms with Crippen LogP contribution in [0.5, 0.6) is 86.2 Å². The van der Waals surface area contributed by atoms with Crippen LogP contribution in [-0.4, -0.2) is 94.9 Å². The topological polar surface area (TPSA) is 340 Å². The zero-order valence-corrected chi connectivity index (χ0v) is 32.6. The average molecular weight is 883 g/mol. The molecule has 0 aromatic heterocycles. The highest BCUT2D eigenvalue weighted by atomic mass is 16.6. The number of aliphatic hydroxyl groups is 3. The number of ether oxygens (including phenoxy) is 4. The normalized spacial score (nSPS) is 24.6. The lowest BCUT2D eigenvalue weighted by atomic mass is 9.77. The molecule has 9 atom stereocenters. The second-order valence-corrected chi connectivity index (χ2v) is 15.6. The summed E-state index contributed by atoms with van der Waals surface area (Å²) in [5, 5.41) is 165. The van der Waals surface area contributed by atoms with E-state index in [0.717, 1.165) is 66.7 Å². The molecule has 0 aliphatic carbocycles. The third-order valence-electron chi connectivity index (χ3n) is 11.6. The highest BCUT2D eigenvalue weighted by Gasteiger charge is 2.51. The molecule has 19 heteroatoms. The van der Waals surface area contributed by atoms with Crippen molar-refractivity contribution in [1.29, 1.82) is 0 Å². The molecular formula is C45H38O19. The van der Waals surface area contributed by atoms with E-state index in [1.54, 1.807) is 0 Å². The van der Waals surface area contributed by atoms with E-state index in [4.69, 9.17) is 18.9 Å². The number of aliphatic hydroxyl groups excluding tert-OH is 3. The Morgan fingerprint density at radius 1 is 0.344 bits per heavy atom. The van der Waals surface area contributed by atoms with Gasteiger partial charge in [-0.1, -0.05) is 18.2 Å². The van der Waals surface area contributed by atoms with E-state index in [1.165, 1.54) is 18.2 Å². The van der Waals surface area contributed by atoms with E-state index in [-0.39, 0.29) is 44.9 Å². The number of benzene rings is 6. The van der Waals surface area contributed by atoms with E-state index >= 15 is 0 Å². The first-order valence-electron chi connectivity index (χ1n) is 19.4. The van der Waals surface area contributed by atoms with Crippen molar-refractivity contribution in [1.82, 2.24) is 0 Å². The van der Waals surface area contributed by atoms with E-state index < -0.39 is 135 Å². The molecule has 9 unspecified atom stereocenters. The maximum absolute atomic E-state index is 12.3. The second-order valence-electron chi connectivity index (χ2n) is 15.6. The Labute approximate surface area is 359 Å². The Kier molecular flexibility index (Phi) is 9.86. The molecule has 3 aliphatic rings. The number of aromatic hydroxyl groups is 12. The minimum absolute atomic E-state index is 0.0351. The molecule has 6 aromatic rings. The molecule has 0 amide bonds. The van der Waals surface area contributed by atoms with Crippen molar-refractivity contribution in [3.05, 3.63) is 124 Å². The predicted octanol–water partition coefficient (Wildman–Crippen LogP) is 4.57. The molecule has 0 radical (unpaired) electrons. The molecule has 3 heterocycles. The van der Waals surface area contributed by atoms with Gasteiger partial charge in [-0.3, -0.25) is 0 Å². The number of fused-ring (bicyclic) bond motifs is 3. The molecule has 0 spiro atoms. The first-order valence-corrected chi connectivity index (χ1v) is 19.4. The van der Waals surface area contributed by atoms with Crippen molar-refractivity contribution >= 4 is 0 Å². The van der Waals surface area contributed by atoms with Crippen LogP contribution in [0.15, 0.2) is 84.9 Å². The van der Waals surface area contributed by atoms with Crippen LogP contribution in [0.2, 0.25) is 0 Å². The highest BCUT2D eigenvalue weighted by Crippen LogP contribution is 2.61. The highest BCUT2D eigenvalue weighted by molar-refractivity contribution is 5.67. The summed E-state index contributed by atoms with van der Waals surface area (Å²) in [7, 11) is 0. The van der Waals surface area contributed by atoms with Crippen LogP contribution in [0.1, 0.15) is 75.4 Å². The van der Waals surface area contributed by atoms with Crippen LogP contribution in [0, 0.1) is 0 Å². The van der Waals surface area contributed by atoms with Crippen molar-refractivity contribution in [3.63, 3.8) is 0 Å². The van der Waals surface area contributed by atoms with Gasteiger partial charge in [0.15, 0.2) is 52.8 Å². The number of phenols is 12. The predicted molar refractivity (Wildman–Crippen MR) is 215 cm³/mol. The summed E-state index contributed by atoms with van der Waals surface area (Å²) in [6, 6.07) is 15.2. The van der Waals surface area contributed by atoms with Gasteiger partial charge in [0.05, 0.1) is 17.0 Å². The Hall–Kier alpha value is -7.84. The molecule has 9 rings (SSSR count). The SMILES string of the molecule is Oc1cc(O)c2c(c1)OC(c1ccc(O)c(O)c1)C(O)C2OC1c2c(O)cc(O)c(C3c4c(O)cc(O)cc4OC(c4ccc(O)c(O)c4)C3O)c2OC(c2ccc(O)c(O)c2)C1O. The standard InChI is InChI=1S/C45H38O19/c46-18-10-26(54)32-30(12-18)61-40(15-1-4-20(48)23(51)7-15)37(58)36(32)34-28(56)14-29(57)35-43(34)63-42(17-3-6-22(50)25(53)9-17)39(60)45(35)64-44-33-27(55)11-19(47)13-31(33)62-41(38(44)59)16-2-5-21(49)24(52)8-16/h1-14,36-42,44-60H. The molecule has 332 valence electrons. The van der Waals surface area contributed by atoms with Gasteiger partial charge in [-0.2, -0.15) is 0 Å². The zero-order valence-electron chi connectivity index (χ0n) is 32.6. The van der Waals surface area contributed by atoms with Gasteiger partial charge in [-0.05, 0) is 53.1 Å². The van der Waals surface area contributed by atoms with E-state index in [2.05, 4.69) is 0 Å². The fourth-order valence-electron chi connectivity index (χ4n) is 8.69. The Morgan fingerprint density at radius 3 is 1.22 bits per heavy atom. The summed E-state index contributed by atoms with van der Waals surface area (Å²) in [5.74, 6) is -9.87. The molecule has 0 saturated heterocycles. The summed E-state index contributed by atoms with van der Waals surface area (Å²) < 4.78 is 25.1. The quantitative estimate of drug-likeness (QED) is 0.102. The lowest BCUT2D eigenvalue weighted by Gasteiger charge is -2.44. The van der Waals surface area contributed by atoms with Crippen molar-refractivity contribution in [2.24, 2.45) is 0 Å². The molecule has 19 nitrogen and oxygen atoms in total. The van der Waals surface area contributed by atoms with Crippen LogP contribution < -0.4 is 14.2 Å². The number of rotatable bonds is 6. The third kappa shape index (κ3) is 6.70. The fourth-order valence-corrected chi connectivity index (χ4v) is 8.69. The molecule has 64 heavy (non-hydrogen) atoms. The van der Waals surface area contributed by atoms with E-state index in [9.17, 15) is 76.6 Å². The molecule has 0 fully saturated rings. The van der Waals surface area contributed by atoms with Crippen LogP contribution >= 0.6 is 0 Å². The smallest absolute Gasteiger partial charge is 0.157 e. The molecule has 0 saturated carbocycles. The van der Waals surface area contributed by atoms with Gasteiger partial charge in [0, 0.05) is 41.5 Å². The largest absolute Gasteiger partial charge is 0.508 e. The van der Waals surface area contributed by atoms with Gasteiger partial charge in [0.25, 0.3) is 0 Å². The van der Waals surface area contributed by atoms with Gasteiger partial charge in [-0.15, -0.1) is 0 Å². The van der Waals surface area contributed by atoms with Crippen LogP contribution in [0.3, 0.4) is 0 Å². The summed E-state index contributed by atoms with van der Waals surface area (Å²) in [5.41, 5.74) is -1.21. The Balaban J connectivity index is 1.26. The van der Waals surface area contributed by atoms with Gasteiger partial charge in [-0.25, -0.2) is 0 Å². The Bertz CT molecular complexity index is 2850. The van der Waals surface area contributed by atoms with Crippen molar-refractivity contribution in [2.75, 3.05) is 0 Å². The number of hydrogen-bond donors (Lipinski definition) is 15. The summed E-state index contributed by atoms with van der Waals surface area (Å²) in [6.45, 7) is 0. The van der Waals surface area contributed by atoms with Crippen molar-refractivity contribution in [2.45, 2.75) is 54.7 Å². The minimum Gasteiger partial charge on any atom is -0.508 e. The van der Waals surface area contributed by atoms with Gasteiger partial charge in [0.1, 0.15) is 82.3 Å². The molecule has 3 aliphatic heterocycles. The number of hydrogen-bond acceptors (Lipinski definition) is 19. The third-order valence-corrected chi connectivity index (χ3v) is 11.6. The lowest BCUT2D eigenvalue weighted by molar-refractivity contribution is -0.176. The van der Waals surface area contributed by atoms with E-state index in [1.807, 2.05) is 0 Å². The van der Waals surface area contributed by atoms with Crippen LogP contribution in [0.25, 0.3) is 0 Å². The molecular weight excluding hydrogens is 844 g/mol. The maximum Gasteiger partial charge on any atom is 0.157 e. The Morgan fingerprint density at radius 2 is 0.734 bits per heavy atom. The minimum atomic E-state index is -1.96. The average Bonchev–Trinajstić information content (AvgIpc) is 3.23. The lowest BCUT2D eigenvalue weighted by Crippen LogP contribution is -2.42. The van der Waals surface area contributed by atoms with Gasteiger partial charge >= 0.3 is 0 Å². The van der Waals surface area contributed by atoms with Gasteiger partial charge < -0.3 is 95.5 Å².